The van der Waals surface area contributed by atoms with Gasteiger partial charge in [0, 0.05) is 6.20 Å². The number of aromatic nitrogens is 1. The Hall–Kier alpha value is -1.08. The second-order valence-corrected chi connectivity index (χ2v) is 2.43. The molecule has 1 heterocycles. The first-order valence-corrected chi connectivity index (χ1v) is 3.35. The Kier molecular flexibility index (Phi) is 1.88. The molecule has 0 aliphatic rings. The largest absolute Gasteiger partial charge is 0.395 e. The zero-order valence-corrected chi connectivity index (χ0v) is 6.59. The van der Waals surface area contributed by atoms with Gasteiger partial charge in [0.1, 0.15) is 10.7 Å². The summed E-state index contributed by atoms with van der Waals surface area (Å²) >= 11 is 3.10. The molecule has 0 amide bonds. The van der Waals surface area contributed by atoms with Gasteiger partial charge in [0.15, 0.2) is 0 Å². The lowest BCUT2D eigenvalue weighted by atomic mass is 10.2. The number of anilines is 1. The first-order chi connectivity index (χ1) is 4.75. The van der Waals surface area contributed by atoms with Gasteiger partial charge in [-0.15, -0.1) is 0 Å². The van der Waals surface area contributed by atoms with Gasteiger partial charge in [-0.2, -0.15) is 5.26 Å². The van der Waals surface area contributed by atoms with E-state index in [9.17, 15) is 0 Å². The van der Waals surface area contributed by atoms with Crippen molar-refractivity contribution in [3.8, 4) is 6.07 Å². The van der Waals surface area contributed by atoms with E-state index in [-0.39, 0.29) is 0 Å². The highest BCUT2D eigenvalue weighted by Crippen LogP contribution is 2.18. The molecule has 1 aromatic heterocycles. The summed E-state index contributed by atoms with van der Waals surface area (Å²) in [5, 5.41) is 8.46. The second kappa shape index (κ2) is 2.67. The molecular formula is C6H4BrN3. The lowest BCUT2D eigenvalue weighted by Crippen LogP contribution is -1.92. The van der Waals surface area contributed by atoms with Crippen molar-refractivity contribution in [3.63, 3.8) is 0 Å². The average molecular weight is 198 g/mol. The van der Waals surface area contributed by atoms with Crippen LogP contribution in [-0.4, -0.2) is 4.98 Å². The van der Waals surface area contributed by atoms with Crippen molar-refractivity contribution in [1.29, 1.82) is 5.26 Å². The number of rotatable bonds is 0. The molecule has 1 rings (SSSR count). The van der Waals surface area contributed by atoms with Gasteiger partial charge in [0.2, 0.25) is 0 Å². The third kappa shape index (κ3) is 1.09. The fourth-order valence-electron chi connectivity index (χ4n) is 0.545. The van der Waals surface area contributed by atoms with Crippen LogP contribution in [0.25, 0.3) is 0 Å². The summed E-state index contributed by atoms with van der Waals surface area (Å²) in [6.07, 6.45) is 1.53. The van der Waals surface area contributed by atoms with Crippen LogP contribution in [0.1, 0.15) is 5.56 Å². The molecule has 0 atom stereocenters. The highest BCUT2D eigenvalue weighted by molar-refractivity contribution is 9.10. The monoisotopic (exact) mass is 197 g/mol. The molecular weight excluding hydrogens is 194 g/mol. The van der Waals surface area contributed by atoms with E-state index >= 15 is 0 Å². The minimum Gasteiger partial charge on any atom is -0.395 e. The Morgan fingerprint density at radius 2 is 2.40 bits per heavy atom. The zero-order valence-electron chi connectivity index (χ0n) is 5.00. The van der Waals surface area contributed by atoms with Gasteiger partial charge < -0.3 is 5.73 Å². The molecule has 3 nitrogen and oxygen atoms in total. The molecule has 0 aromatic carbocycles. The van der Waals surface area contributed by atoms with E-state index in [2.05, 4.69) is 20.9 Å². The number of nitrogen functional groups attached to an aromatic ring is 1. The van der Waals surface area contributed by atoms with E-state index in [0.29, 0.717) is 15.9 Å². The van der Waals surface area contributed by atoms with E-state index in [4.69, 9.17) is 11.0 Å². The summed E-state index contributed by atoms with van der Waals surface area (Å²) < 4.78 is 0.520. The van der Waals surface area contributed by atoms with Crippen molar-refractivity contribution in [2.24, 2.45) is 0 Å². The molecule has 0 spiro atoms. The molecule has 2 N–H and O–H groups in total. The molecule has 10 heavy (non-hydrogen) atoms. The van der Waals surface area contributed by atoms with Crippen molar-refractivity contribution in [3.05, 3.63) is 22.4 Å². The van der Waals surface area contributed by atoms with Crippen molar-refractivity contribution in [1.82, 2.24) is 4.98 Å². The first-order valence-electron chi connectivity index (χ1n) is 2.56. The normalized spacial score (nSPS) is 8.80. The fraction of sp³-hybridized carbons (Fsp3) is 0. The Labute approximate surface area is 66.6 Å². The Bertz CT molecular complexity index is 290. The van der Waals surface area contributed by atoms with Crippen LogP contribution in [-0.2, 0) is 0 Å². The van der Waals surface area contributed by atoms with E-state index in [0.717, 1.165) is 0 Å². The van der Waals surface area contributed by atoms with Gasteiger partial charge in [-0.3, -0.25) is 0 Å². The van der Waals surface area contributed by atoms with Crippen LogP contribution in [0.2, 0.25) is 0 Å². The summed E-state index contributed by atoms with van der Waals surface area (Å²) in [6, 6.07) is 3.51. The van der Waals surface area contributed by atoms with E-state index in [1.807, 2.05) is 6.07 Å². The van der Waals surface area contributed by atoms with Gasteiger partial charge in [-0.25, -0.2) is 4.98 Å². The zero-order chi connectivity index (χ0) is 7.56. The van der Waals surface area contributed by atoms with Crippen LogP contribution in [0.4, 0.5) is 5.69 Å². The molecule has 1 aromatic rings. The third-order valence-corrected chi connectivity index (χ3v) is 1.69. The average Bonchev–Trinajstić information content (AvgIpc) is 1.95. The quantitative estimate of drug-likeness (QED) is 0.639. The molecule has 50 valence electrons. The Balaban J connectivity index is 3.31. The number of nitriles is 1. The van der Waals surface area contributed by atoms with Crippen molar-refractivity contribution >= 4 is 21.6 Å². The lowest BCUT2D eigenvalue weighted by molar-refractivity contribution is 1.27. The summed E-state index contributed by atoms with van der Waals surface area (Å²) in [7, 11) is 0. The third-order valence-electron chi connectivity index (χ3n) is 1.06. The van der Waals surface area contributed by atoms with Crippen LogP contribution in [0.3, 0.4) is 0 Å². The predicted octanol–water partition coefficient (Wildman–Crippen LogP) is 1.30. The molecule has 0 radical (unpaired) electrons. The molecule has 0 aliphatic heterocycles. The summed E-state index contributed by atoms with van der Waals surface area (Å²) in [5.41, 5.74) is 6.30. The van der Waals surface area contributed by atoms with Crippen LogP contribution in [0.5, 0.6) is 0 Å². The topological polar surface area (TPSA) is 62.7 Å². The highest BCUT2D eigenvalue weighted by atomic mass is 79.9. The number of nitrogens with zero attached hydrogens (tertiary/aromatic N) is 2. The number of nitrogens with two attached hydrogens (primary N) is 1. The van der Waals surface area contributed by atoms with Crippen LogP contribution in [0, 0.1) is 11.3 Å². The smallest absolute Gasteiger partial charge is 0.130 e. The predicted molar refractivity (Wildman–Crippen MR) is 41.1 cm³/mol. The number of pyridine rings is 1. The maximum absolute atomic E-state index is 8.46. The number of hydrogen-bond donors (Lipinski definition) is 1. The van der Waals surface area contributed by atoms with Crippen LogP contribution >= 0.6 is 15.9 Å². The Morgan fingerprint density at radius 1 is 1.70 bits per heavy atom. The number of hydrogen-bond acceptors (Lipinski definition) is 3. The van der Waals surface area contributed by atoms with Crippen molar-refractivity contribution in [2.45, 2.75) is 0 Å². The molecule has 0 saturated heterocycles. The van der Waals surface area contributed by atoms with Gasteiger partial charge in [-0.05, 0) is 22.0 Å². The van der Waals surface area contributed by atoms with Crippen LogP contribution < -0.4 is 5.73 Å². The van der Waals surface area contributed by atoms with E-state index < -0.39 is 0 Å². The SMILES string of the molecule is N#Cc1ccnc(Br)c1N. The minimum absolute atomic E-state index is 0.394. The highest BCUT2D eigenvalue weighted by Gasteiger charge is 2.00. The number of halogens is 1. The molecule has 0 aliphatic carbocycles. The fourth-order valence-corrected chi connectivity index (χ4v) is 0.877. The maximum Gasteiger partial charge on any atom is 0.130 e. The summed E-state index contributed by atoms with van der Waals surface area (Å²) in [5.74, 6) is 0. The first kappa shape index (κ1) is 7.03. The van der Waals surface area contributed by atoms with E-state index in [1.54, 1.807) is 6.07 Å². The minimum atomic E-state index is 0.394. The van der Waals surface area contributed by atoms with Gasteiger partial charge in [0.05, 0.1) is 11.3 Å². The molecule has 4 heteroatoms. The second-order valence-electron chi connectivity index (χ2n) is 1.67. The molecule has 0 fully saturated rings. The maximum atomic E-state index is 8.46. The van der Waals surface area contributed by atoms with Crippen LogP contribution in [0.15, 0.2) is 16.9 Å². The molecule has 0 saturated carbocycles. The summed E-state index contributed by atoms with van der Waals surface area (Å²) in [4.78, 5) is 3.83. The van der Waals surface area contributed by atoms with E-state index in [1.165, 1.54) is 6.20 Å². The lowest BCUT2D eigenvalue weighted by Gasteiger charge is -1.96. The Morgan fingerprint density at radius 3 is 2.90 bits per heavy atom. The standard InChI is InChI=1S/C6H4BrN3/c7-6-5(9)4(3-8)1-2-10-6/h1-2H,9H2. The van der Waals surface area contributed by atoms with Crippen molar-refractivity contribution < 1.29 is 0 Å². The van der Waals surface area contributed by atoms with Gasteiger partial charge >= 0.3 is 0 Å². The van der Waals surface area contributed by atoms with Gasteiger partial charge in [0.25, 0.3) is 0 Å². The summed E-state index contributed by atoms with van der Waals surface area (Å²) in [6.45, 7) is 0. The molecule has 0 unspecified atom stereocenters. The molecule has 0 bridgehead atoms. The van der Waals surface area contributed by atoms with Crippen molar-refractivity contribution in [2.75, 3.05) is 5.73 Å². The van der Waals surface area contributed by atoms with Gasteiger partial charge in [-0.1, -0.05) is 0 Å².